The van der Waals surface area contributed by atoms with Gasteiger partial charge in [0.05, 0.1) is 11.8 Å². The summed E-state index contributed by atoms with van der Waals surface area (Å²) in [6, 6.07) is 0. The SMILES string of the molecule is Cc1csc(N(C)CC2CC(O)C2)n1. The first-order chi connectivity index (χ1) is 6.65. The maximum Gasteiger partial charge on any atom is 0.185 e. The van der Waals surface area contributed by atoms with Crippen LogP contribution in [0.5, 0.6) is 0 Å². The van der Waals surface area contributed by atoms with E-state index >= 15 is 0 Å². The molecule has 1 aliphatic carbocycles. The molecule has 1 aromatic heterocycles. The number of aromatic nitrogens is 1. The molecule has 0 unspecified atom stereocenters. The number of hydrogen-bond acceptors (Lipinski definition) is 4. The van der Waals surface area contributed by atoms with E-state index < -0.39 is 0 Å². The van der Waals surface area contributed by atoms with Crippen molar-refractivity contribution in [3.05, 3.63) is 11.1 Å². The van der Waals surface area contributed by atoms with Crippen molar-refractivity contribution in [1.82, 2.24) is 4.98 Å². The third kappa shape index (κ3) is 2.07. The Kier molecular flexibility index (Phi) is 2.74. The zero-order valence-corrected chi connectivity index (χ0v) is 9.42. The van der Waals surface area contributed by atoms with Crippen LogP contribution in [0.2, 0.25) is 0 Å². The molecule has 1 heterocycles. The summed E-state index contributed by atoms with van der Waals surface area (Å²) in [6.07, 6.45) is 1.86. The summed E-state index contributed by atoms with van der Waals surface area (Å²) in [5.74, 6) is 0.652. The predicted octanol–water partition coefficient (Wildman–Crippen LogP) is 1.66. The van der Waals surface area contributed by atoms with Crippen LogP contribution in [0.4, 0.5) is 5.13 Å². The topological polar surface area (TPSA) is 36.4 Å². The molecule has 0 aromatic carbocycles. The van der Waals surface area contributed by atoms with Crippen molar-refractivity contribution >= 4 is 16.5 Å². The smallest absolute Gasteiger partial charge is 0.185 e. The van der Waals surface area contributed by atoms with Crippen molar-refractivity contribution in [2.45, 2.75) is 25.9 Å². The average molecular weight is 212 g/mol. The second-order valence-electron chi connectivity index (χ2n) is 4.14. The maximum atomic E-state index is 9.17. The molecule has 0 amide bonds. The third-order valence-electron chi connectivity index (χ3n) is 2.68. The van der Waals surface area contributed by atoms with E-state index in [-0.39, 0.29) is 6.10 Å². The van der Waals surface area contributed by atoms with Crippen molar-refractivity contribution in [1.29, 1.82) is 0 Å². The Bertz CT molecular complexity index is 307. The molecule has 2 rings (SSSR count). The lowest BCUT2D eigenvalue weighted by molar-refractivity contribution is 0.0465. The molecule has 78 valence electrons. The second-order valence-corrected chi connectivity index (χ2v) is 4.98. The third-order valence-corrected chi connectivity index (χ3v) is 3.75. The van der Waals surface area contributed by atoms with E-state index in [4.69, 9.17) is 0 Å². The summed E-state index contributed by atoms with van der Waals surface area (Å²) < 4.78 is 0. The lowest BCUT2D eigenvalue weighted by Crippen LogP contribution is -2.37. The molecular formula is C10H16N2OS. The number of hydrogen-bond donors (Lipinski definition) is 1. The van der Waals surface area contributed by atoms with E-state index in [1.54, 1.807) is 11.3 Å². The second kappa shape index (κ2) is 3.87. The van der Waals surface area contributed by atoms with Crippen LogP contribution in [-0.2, 0) is 0 Å². The van der Waals surface area contributed by atoms with Crippen molar-refractivity contribution in [3.8, 4) is 0 Å². The number of rotatable bonds is 3. The van der Waals surface area contributed by atoms with Gasteiger partial charge in [0.1, 0.15) is 0 Å². The fraction of sp³-hybridized carbons (Fsp3) is 0.700. The Morgan fingerprint density at radius 1 is 1.64 bits per heavy atom. The zero-order chi connectivity index (χ0) is 10.1. The van der Waals surface area contributed by atoms with Crippen LogP contribution in [0.15, 0.2) is 5.38 Å². The number of aliphatic hydroxyl groups is 1. The first-order valence-corrected chi connectivity index (χ1v) is 5.84. The minimum absolute atomic E-state index is 0.0496. The lowest BCUT2D eigenvalue weighted by atomic mass is 9.82. The van der Waals surface area contributed by atoms with Crippen molar-refractivity contribution in [2.24, 2.45) is 5.92 Å². The highest BCUT2D eigenvalue weighted by Gasteiger charge is 2.28. The summed E-state index contributed by atoms with van der Waals surface area (Å²) in [5.41, 5.74) is 1.09. The van der Waals surface area contributed by atoms with E-state index in [2.05, 4.69) is 22.3 Å². The van der Waals surface area contributed by atoms with Crippen LogP contribution in [0.25, 0.3) is 0 Å². The van der Waals surface area contributed by atoms with Crippen molar-refractivity contribution < 1.29 is 5.11 Å². The average Bonchev–Trinajstić information content (AvgIpc) is 2.49. The molecular weight excluding hydrogens is 196 g/mol. The van der Waals surface area contributed by atoms with Gasteiger partial charge < -0.3 is 10.0 Å². The summed E-state index contributed by atoms with van der Waals surface area (Å²) in [6.45, 7) is 3.03. The highest BCUT2D eigenvalue weighted by Crippen LogP contribution is 2.29. The molecule has 1 fully saturated rings. The first kappa shape index (κ1) is 9.93. The van der Waals surface area contributed by atoms with Gasteiger partial charge >= 0.3 is 0 Å². The van der Waals surface area contributed by atoms with Gasteiger partial charge in [-0.25, -0.2) is 4.98 Å². The van der Waals surface area contributed by atoms with Gasteiger partial charge in [-0.3, -0.25) is 0 Å². The molecule has 0 saturated heterocycles. The lowest BCUT2D eigenvalue weighted by Gasteiger charge is -2.34. The van der Waals surface area contributed by atoms with E-state index in [0.717, 1.165) is 30.2 Å². The monoisotopic (exact) mass is 212 g/mol. The van der Waals surface area contributed by atoms with Crippen LogP contribution in [-0.4, -0.2) is 29.8 Å². The Morgan fingerprint density at radius 3 is 2.86 bits per heavy atom. The van der Waals surface area contributed by atoms with Gasteiger partial charge in [0.2, 0.25) is 0 Å². The Hall–Kier alpha value is -0.610. The molecule has 0 aliphatic heterocycles. The van der Waals surface area contributed by atoms with Crippen LogP contribution in [0.3, 0.4) is 0 Å². The van der Waals surface area contributed by atoms with Crippen molar-refractivity contribution in [3.63, 3.8) is 0 Å². The summed E-state index contributed by atoms with van der Waals surface area (Å²) in [7, 11) is 2.07. The number of nitrogens with zero attached hydrogens (tertiary/aromatic N) is 2. The fourth-order valence-electron chi connectivity index (χ4n) is 1.83. The Labute approximate surface area is 88.4 Å². The zero-order valence-electron chi connectivity index (χ0n) is 8.60. The van der Waals surface area contributed by atoms with Crippen LogP contribution in [0.1, 0.15) is 18.5 Å². The number of anilines is 1. The number of aliphatic hydroxyl groups excluding tert-OH is 1. The standard InChI is InChI=1S/C10H16N2OS/c1-7-6-14-10(11-7)12(2)5-8-3-9(13)4-8/h6,8-9,13H,3-5H2,1-2H3. The molecule has 1 aromatic rings. The molecule has 1 saturated carbocycles. The summed E-state index contributed by atoms with van der Waals surface area (Å²) >= 11 is 1.69. The predicted molar refractivity (Wildman–Crippen MR) is 58.9 cm³/mol. The van der Waals surface area contributed by atoms with Gasteiger partial charge in [-0.15, -0.1) is 11.3 Å². The molecule has 3 nitrogen and oxygen atoms in total. The molecule has 0 atom stereocenters. The van der Waals surface area contributed by atoms with Gasteiger partial charge in [-0.1, -0.05) is 0 Å². The van der Waals surface area contributed by atoms with E-state index in [9.17, 15) is 5.11 Å². The van der Waals surface area contributed by atoms with E-state index in [1.807, 2.05) is 6.92 Å². The minimum atomic E-state index is -0.0496. The van der Waals surface area contributed by atoms with Gasteiger partial charge in [0, 0.05) is 19.0 Å². The minimum Gasteiger partial charge on any atom is -0.393 e. The van der Waals surface area contributed by atoms with Gasteiger partial charge in [0.25, 0.3) is 0 Å². The largest absolute Gasteiger partial charge is 0.393 e. The summed E-state index contributed by atoms with van der Waals surface area (Å²) in [5, 5.41) is 12.3. The molecule has 0 bridgehead atoms. The van der Waals surface area contributed by atoms with Crippen LogP contribution < -0.4 is 4.90 Å². The highest BCUT2D eigenvalue weighted by atomic mass is 32.1. The summed E-state index contributed by atoms with van der Waals surface area (Å²) in [4.78, 5) is 6.61. The van der Waals surface area contributed by atoms with Gasteiger partial charge in [0.15, 0.2) is 5.13 Å². The van der Waals surface area contributed by atoms with E-state index in [1.165, 1.54) is 0 Å². The Morgan fingerprint density at radius 2 is 2.36 bits per heavy atom. The number of thiazole rings is 1. The number of aryl methyl sites for hydroxylation is 1. The molecule has 14 heavy (non-hydrogen) atoms. The molecule has 4 heteroatoms. The van der Waals surface area contributed by atoms with Crippen LogP contribution >= 0.6 is 11.3 Å². The fourth-order valence-corrected chi connectivity index (χ4v) is 2.61. The Balaban J connectivity index is 1.86. The quantitative estimate of drug-likeness (QED) is 0.828. The molecule has 0 radical (unpaired) electrons. The normalized spacial score (nSPS) is 25.9. The molecule has 0 spiro atoms. The molecule has 1 N–H and O–H groups in total. The van der Waals surface area contributed by atoms with E-state index in [0.29, 0.717) is 5.92 Å². The first-order valence-electron chi connectivity index (χ1n) is 4.96. The van der Waals surface area contributed by atoms with Gasteiger partial charge in [-0.05, 0) is 25.7 Å². The highest BCUT2D eigenvalue weighted by molar-refractivity contribution is 7.13. The molecule has 1 aliphatic rings. The van der Waals surface area contributed by atoms with Crippen molar-refractivity contribution in [2.75, 3.05) is 18.5 Å². The maximum absolute atomic E-state index is 9.17. The van der Waals surface area contributed by atoms with Crippen LogP contribution in [0, 0.1) is 12.8 Å². The van der Waals surface area contributed by atoms with Gasteiger partial charge in [-0.2, -0.15) is 0 Å².